The number of hydrogen-bond donors (Lipinski definition) is 0. The van der Waals surface area contributed by atoms with Gasteiger partial charge < -0.3 is 4.57 Å². The zero-order valence-corrected chi connectivity index (χ0v) is 17.9. The zero-order valence-electron chi connectivity index (χ0n) is 17.1. The standard InChI is InChI=1S/C23H34N2OS/c1-22-10-5-4-6-15(22)7-8-16-17(22)9-11-23(2)18(16)14-19(20(23)26)27-21-24-12-13-25(21)3/h12-13,15-19H,4-11,14H2,1-3H3/t15-,16+,17-,18-,19+,22-,23-/m0/s1. The molecule has 4 fully saturated rings. The van der Waals surface area contributed by atoms with Crippen molar-refractivity contribution in [1.82, 2.24) is 9.55 Å². The number of aromatic nitrogens is 2. The van der Waals surface area contributed by atoms with Crippen LogP contribution in [0.4, 0.5) is 0 Å². The highest BCUT2D eigenvalue weighted by Crippen LogP contribution is 2.66. The van der Waals surface area contributed by atoms with Gasteiger partial charge in [0.15, 0.2) is 10.9 Å². The smallest absolute Gasteiger partial charge is 0.168 e. The van der Waals surface area contributed by atoms with E-state index in [0.717, 1.165) is 35.8 Å². The van der Waals surface area contributed by atoms with Crippen LogP contribution in [0.1, 0.15) is 71.6 Å². The average Bonchev–Trinajstić information content (AvgIpc) is 3.17. The predicted molar refractivity (Wildman–Crippen MR) is 110 cm³/mol. The molecule has 0 radical (unpaired) electrons. The van der Waals surface area contributed by atoms with E-state index in [9.17, 15) is 4.79 Å². The monoisotopic (exact) mass is 386 g/mol. The first-order valence-corrected chi connectivity index (χ1v) is 12.0. The molecule has 0 saturated heterocycles. The van der Waals surface area contributed by atoms with Gasteiger partial charge >= 0.3 is 0 Å². The first kappa shape index (κ1) is 18.3. The lowest BCUT2D eigenvalue weighted by Gasteiger charge is -2.59. The molecule has 5 rings (SSSR count). The van der Waals surface area contributed by atoms with Crippen LogP contribution in [0.25, 0.3) is 0 Å². The van der Waals surface area contributed by atoms with E-state index in [-0.39, 0.29) is 10.7 Å². The second kappa shape index (κ2) is 6.37. The van der Waals surface area contributed by atoms with Gasteiger partial charge in [0.1, 0.15) is 0 Å². The fraction of sp³-hybridized carbons (Fsp3) is 0.826. The Morgan fingerprint density at radius 1 is 1.11 bits per heavy atom. The number of aryl methyl sites for hydroxylation is 1. The van der Waals surface area contributed by atoms with E-state index in [4.69, 9.17) is 0 Å². The molecular formula is C23H34N2OS. The number of thioether (sulfide) groups is 1. The highest BCUT2D eigenvalue weighted by Gasteiger charge is 2.62. The maximum atomic E-state index is 13.5. The number of fused-ring (bicyclic) bond motifs is 5. The Hall–Kier alpha value is -0.770. The van der Waals surface area contributed by atoms with Crippen LogP contribution in [-0.2, 0) is 11.8 Å². The molecule has 4 heteroatoms. The Labute approximate surface area is 168 Å². The maximum absolute atomic E-state index is 13.5. The fourth-order valence-corrected chi connectivity index (χ4v) is 9.04. The molecule has 0 aliphatic heterocycles. The molecule has 0 aromatic carbocycles. The molecular weight excluding hydrogens is 352 g/mol. The zero-order chi connectivity index (χ0) is 18.8. The van der Waals surface area contributed by atoms with Crippen LogP contribution in [0.15, 0.2) is 17.6 Å². The van der Waals surface area contributed by atoms with Gasteiger partial charge in [-0.05, 0) is 74.0 Å². The fourth-order valence-electron chi connectivity index (χ4n) is 7.76. The van der Waals surface area contributed by atoms with Crippen LogP contribution in [0.5, 0.6) is 0 Å². The molecule has 4 saturated carbocycles. The SMILES string of the molecule is Cn1ccnc1S[C@@H]1C[C@H]2[C@@H]3CC[C@@H]4CCCC[C@]4(C)[C@H]3CC[C@]2(C)C1=O. The average molecular weight is 387 g/mol. The normalized spacial score (nSPS) is 46.6. The molecule has 4 aliphatic carbocycles. The van der Waals surface area contributed by atoms with Gasteiger partial charge in [-0.3, -0.25) is 4.79 Å². The van der Waals surface area contributed by atoms with Gasteiger partial charge in [-0.25, -0.2) is 4.98 Å². The summed E-state index contributed by atoms with van der Waals surface area (Å²) in [6.45, 7) is 4.93. The molecule has 1 heterocycles. The summed E-state index contributed by atoms with van der Waals surface area (Å²) in [4.78, 5) is 18.0. The van der Waals surface area contributed by atoms with Crippen LogP contribution in [-0.4, -0.2) is 20.6 Å². The molecule has 148 valence electrons. The molecule has 0 bridgehead atoms. The van der Waals surface area contributed by atoms with Crippen LogP contribution in [0, 0.1) is 34.5 Å². The van der Waals surface area contributed by atoms with Crippen LogP contribution in [0.2, 0.25) is 0 Å². The van der Waals surface area contributed by atoms with E-state index in [0.29, 0.717) is 17.1 Å². The van der Waals surface area contributed by atoms with Gasteiger partial charge in [-0.15, -0.1) is 0 Å². The van der Waals surface area contributed by atoms with E-state index >= 15 is 0 Å². The quantitative estimate of drug-likeness (QED) is 0.674. The molecule has 0 amide bonds. The number of ketones is 1. The Balaban J connectivity index is 1.41. The van der Waals surface area contributed by atoms with Crippen molar-refractivity contribution in [1.29, 1.82) is 0 Å². The van der Waals surface area contributed by atoms with Gasteiger partial charge in [-0.1, -0.05) is 38.5 Å². The summed E-state index contributed by atoms with van der Waals surface area (Å²) in [5.74, 6) is 3.71. The molecule has 3 nitrogen and oxygen atoms in total. The van der Waals surface area contributed by atoms with Crippen molar-refractivity contribution in [2.75, 3.05) is 0 Å². The number of nitrogens with zero attached hydrogens (tertiary/aromatic N) is 2. The minimum atomic E-state index is -0.0815. The van der Waals surface area contributed by atoms with Crippen LogP contribution < -0.4 is 0 Å². The van der Waals surface area contributed by atoms with Crippen molar-refractivity contribution in [2.45, 2.75) is 82.0 Å². The second-order valence-corrected chi connectivity index (χ2v) is 11.6. The van der Waals surface area contributed by atoms with Gasteiger partial charge in [0, 0.05) is 24.9 Å². The van der Waals surface area contributed by atoms with Crippen molar-refractivity contribution < 1.29 is 4.79 Å². The Kier molecular flexibility index (Phi) is 4.31. The Morgan fingerprint density at radius 2 is 1.96 bits per heavy atom. The Bertz CT molecular complexity index is 744. The number of imidazole rings is 1. The van der Waals surface area contributed by atoms with Gasteiger partial charge in [0.05, 0.1) is 5.25 Å². The number of hydrogen-bond acceptors (Lipinski definition) is 3. The minimum absolute atomic E-state index is 0.0815. The van der Waals surface area contributed by atoms with Gasteiger partial charge in [0.25, 0.3) is 0 Å². The van der Waals surface area contributed by atoms with E-state index in [1.165, 1.54) is 44.9 Å². The summed E-state index contributed by atoms with van der Waals surface area (Å²) >= 11 is 1.72. The lowest BCUT2D eigenvalue weighted by molar-refractivity contribution is -0.138. The van der Waals surface area contributed by atoms with E-state index in [1.807, 2.05) is 19.4 Å². The van der Waals surface area contributed by atoms with Crippen molar-refractivity contribution in [3.63, 3.8) is 0 Å². The highest BCUT2D eigenvalue weighted by molar-refractivity contribution is 8.00. The lowest BCUT2D eigenvalue weighted by Crippen LogP contribution is -2.52. The van der Waals surface area contributed by atoms with Gasteiger partial charge in [0.2, 0.25) is 0 Å². The number of rotatable bonds is 2. The van der Waals surface area contributed by atoms with Crippen molar-refractivity contribution in [3.05, 3.63) is 12.4 Å². The second-order valence-electron chi connectivity index (χ2n) is 10.4. The number of carbonyl (C=O) groups is 1. The topological polar surface area (TPSA) is 34.9 Å². The highest BCUT2D eigenvalue weighted by atomic mass is 32.2. The summed E-state index contributed by atoms with van der Waals surface area (Å²) in [6, 6.07) is 0. The van der Waals surface area contributed by atoms with E-state index < -0.39 is 0 Å². The third-order valence-electron chi connectivity index (χ3n) is 9.32. The molecule has 27 heavy (non-hydrogen) atoms. The van der Waals surface area contributed by atoms with E-state index in [2.05, 4.69) is 23.4 Å². The molecule has 1 aromatic rings. The first-order chi connectivity index (χ1) is 12.9. The molecule has 0 unspecified atom stereocenters. The lowest BCUT2D eigenvalue weighted by atomic mass is 9.45. The molecule has 1 aromatic heterocycles. The number of carbonyl (C=O) groups excluding carboxylic acids is 1. The van der Waals surface area contributed by atoms with Gasteiger partial charge in [-0.2, -0.15) is 0 Å². The van der Waals surface area contributed by atoms with Crippen molar-refractivity contribution >= 4 is 17.5 Å². The Morgan fingerprint density at radius 3 is 2.74 bits per heavy atom. The summed E-state index contributed by atoms with van der Waals surface area (Å²) in [5, 5.41) is 1.10. The minimum Gasteiger partial charge on any atom is -0.329 e. The van der Waals surface area contributed by atoms with E-state index in [1.54, 1.807) is 11.8 Å². The van der Waals surface area contributed by atoms with Crippen LogP contribution >= 0.6 is 11.8 Å². The summed E-state index contributed by atoms with van der Waals surface area (Å²) < 4.78 is 2.05. The summed E-state index contributed by atoms with van der Waals surface area (Å²) in [7, 11) is 2.03. The maximum Gasteiger partial charge on any atom is 0.168 e. The summed E-state index contributed by atoms with van der Waals surface area (Å²) in [5.41, 5.74) is 0.471. The molecule has 7 atom stereocenters. The largest absolute Gasteiger partial charge is 0.329 e. The predicted octanol–water partition coefficient (Wildman–Crippen LogP) is 5.49. The number of Topliss-reactive ketones (excluding diaryl/α,β-unsaturated/α-hetero) is 1. The third kappa shape index (κ3) is 2.61. The third-order valence-corrected chi connectivity index (χ3v) is 10.6. The van der Waals surface area contributed by atoms with Crippen molar-refractivity contribution in [2.24, 2.45) is 41.5 Å². The molecule has 0 spiro atoms. The molecule has 4 aliphatic rings. The summed E-state index contributed by atoms with van der Waals surface area (Å²) in [6.07, 6.45) is 15.9. The van der Waals surface area contributed by atoms with Crippen molar-refractivity contribution in [3.8, 4) is 0 Å². The first-order valence-electron chi connectivity index (χ1n) is 11.1. The molecule has 0 N–H and O–H groups in total. The van der Waals surface area contributed by atoms with Crippen LogP contribution in [0.3, 0.4) is 0 Å².